The van der Waals surface area contributed by atoms with Gasteiger partial charge in [-0.3, -0.25) is 0 Å². The molecule has 0 aliphatic heterocycles. The van der Waals surface area contributed by atoms with Gasteiger partial charge in [0.05, 0.1) is 11.4 Å². The second-order valence-corrected chi connectivity index (χ2v) is 9.18. The van der Waals surface area contributed by atoms with Gasteiger partial charge >= 0.3 is 0 Å². The molecule has 5 heteroatoms. The molecule has 0 aliphatic carbocycles. The highest BCUT2D eigenvalue weighted by Gasteiger charge is 2.25. The summed E-state index contributed by atoms with van der Waals surface area (Å²) in [6, 6.07) is 25.7. The van der Waals surface area contributed by atoms with Crippen LogP contribution in [0.4, 0.5) is 4.39 Å². The van der Waals surface area contributed by atoms with Crippen LogP contribution in [0.3, 0.4) is 0 Å². The molecule has 0 amide bonds. The van der Waals surface area contributed by atoms with Crippen molar-refractivity contribution >= 4 is 10.0 Å². The Bertz CT molecular complexity index is 1060. The zero-order chi connectivity index (χ0) is 21.4. The fraction of sp³-hybridized carbons (Fsp3) is 0.200. The van der Waals surface area contributed by atoms with Crippen LogP contribution in [-0.2, 0) is 23.0 Å². The van der Waals surface area contributed by atoms with E-state index in [0.29, 0.717) is 12.8 Å². The maximum Gasteiger partial charge on any atom is 0.243 e. The second-order valence-electron chi connectivity index (χ2n) is 7.25. The van der Waals surface area contributed by atoms with Crippen molar-refractivity contribution in [1.82, 2.24) is 4.31 Å². The lowest BCUT2D eigenvalue weighted by atomic mass is 10.1. The molecule has 0 spiro atoms. The van der Waals surface area contributed by atoms with E-state index in [-0.39, 0.29) is 18.0 Å². The molecule has 0 radical (unpaired) electrons. The van der Waals surface area contributed by atoms with Crippen molar-refractivity contribution in [1.29, 1.82) is 0 Å². The second kappa shape index (κ2) is 10.3. The average molecular weight is 424 g/mol. The van der Waals surface area contributed by atoms with Crippen LogP contribution >= 0.6 is 0 Å². The Morgan fingerprint density at radius 1 is 0.867 bits per heavy atom. The van der Waals surface area contributed by atoms with Gasteiger partial charge in [0.15, 0.2) is 0 Å². The topological polar surface area (TPSA) is 37.4 Å². The summed E-state index contributed by atoms with van der Waals surface area (Å²) >= 11 is 0. The third-order valence-corrected chi connectivity index (χ3v) is 6.64. The summed E-state index contributed by atoms with van der Waals surface area (Å²) in [4.78, 5) is 0.168. The predicted molar refractivity (Wildman–Crippen MR) is 119 cm³/mol. The first-order valence-electron chi connectivity index (χ1n) is 9.94. The van der Waals surface area contributed by atoms with Crippen molar-refractivity contribution in [3.63, 3.8) is 0 Å². The number of allylic oxidation sites excluding steroid dienone is 1. The third kappa shape index (κ3) is 6.12. The fourth-order valence-electron chi connectivity index (χ4n) is 3.15. The first kappa shape index (κ1) is 21.9. The molecule has 156 valence electrons. The minimum Gasteiger partial charge on any atom is -0.211 e. The van der Waals surface area contributed by atoms with Gasteiger partial charge in [-0.05, 0) is 43.0 Å². The number of hydrogen-bond donors (Lipinski definition) is 0. The molecule has 0 heterocycles. The van der Waals surface area contributed by atoms with E-state index in [0.717, 1.165) is 16.7 Å². The minimum absolute atomic E-state index is 0.108. The number of hydrogen-bond acceptors (Lipinski definition) is 2. The Hall–Kier alpha value is -2.76. The van der Waals surface area contributed by atoms with Crippen LogP contribution in [0.5, 0.6) is 0 Å². The van der Waals surface area contributed by atoms with Crippen LogP contribution in [0.2, 0.25) is 0 Å². The highest BCUT2D eigenvalue weighted by Crippen LogP contribution is 2.21. The summed E-state index contributed by atoms with van der Waals surface area (Å²) in [5.74, 6) is -0.447. The van der Waals surface area contributed by atoms with Crippen molar-refractivity contribution in [2.45, 2.75) is 31.2 Å². The van der Waals surface area contributed by atoms with E-state index < -0.39 is 15.9 Å². The van der Waals surface area contributed by atoms with Gasteiger partial charge in [-0.15, -0.1) is 0 Å². The Labute approximate surface area is 178 Å². The van der Waals surface area contributed by atoms with Crippen molar-refractivity contribution < 1.29 is 12.8 Å². The molecule has 0 aliphatic rings. The molecule has 3 aromatic rings. The van der Waals surface area contributed by atoms with E-state index in [9.17, 15) is 12.8 Å². The first-order valence-corrected chi connectivity index (χ1v) is 11.4. The number of sulfonamides is 1. The van der Waals surface area contributed by atoms with E-state index in [4.69, 9.17) is 0 Å². The van der Waals surface area contributed by atoms with Crippen LogP contribution in [0.25, 0.3) is 0 Å². The molecule has 0 bridgehead atoms. The lowest BCUT2D eigenvalue weighted by molar-refractivity contribution is 0.398. The molecule has 0 aromatic heterocycles. The van der Waals surface area contributed by atoms with Gasteiger partial charge in [0, 0.05) is 6.54 Å². The summed E-state index contributed by atoms with van der Waals surface area (Å²) in [7, 11) is -3.84. The standard InChI is InChI=1S/C25H26FNO2S/c1-21-15-17-25(18-16-21)30(28,29)27(19-23-11-6-3-7-12-23)20-24(26)14-8-13-22-9-4-2-5-10-22/h2-7,9-12,14-18H,8,13,19-20H2,1H3/b24-14-. The summed E-state index contributed by atoms with van der Waals surface area (Å²) in [6.07, 6.45) is 2.70. The number of nitrogens with zero attached hydrogens (tertiary/aromatic N) is 1. The van der Waals surface area contributed by atoms with Crippen molar-refractivity contribution in [2.75, 3.05) is 6.54 Å². The molecule has 3 rings (SSSR count). The lowest BCUT2D eigenvalue weighted by Crippen LogP contribution is -2.32. The molecule has 0 atom stereocenters. The molecule has 3 nitrogen and oxygen atoms in total. The summed E-state index contributed by atoms with van der Waals surface area (Å²) < 4.78 is 42.3. The Morgan fingerprint density at radius 3 is 2.03 bits per heavy atom. The molecular weight excluding hydrogens is 397 g/mol. The smallest absolute Gasteiger partial charge is 0.211 e. The fourth-order valence-corrected chi connectivity index (χ4v) is 4.54. The van der Waals surface area contributed by atoms with Crippen LogP contribution in [0, 0.1) is 6.92 Å². The van der Waals surface area contributed by atoms with Gasteiger partial charge < -0.3 is 0 Å². The van der Waals surface area contributed by atoms with Gasteiger partial charge in [0.1, 0.15) is 5.83 Å². The van der Waals surface area contributed by atoms with Crippen LogP contribution in [0.15, 0.2) is 102 Å². The minimum atomic E-state index is -3.84. The summed E-state index contributed by atoms with van der Waals surface area (Å²) in [6.45, 7) is 1.71. The van der Waals surface area contributed by atoms with Crippen molar-refractivity contribution in [2.24, 2.45) is 0 Å². The molecule has 0 saturated carbocycles. The normalized spacial score (nSPS) is 12.3. The van der Waals surface area contributed by atoms with Crippen LogP contribution in [0.1, 0.15) is 23.1 Å². The van der Waals surface area contributed by atoms with Gasteiger partial charge in [0.25, 0.3) is 0 Å². The van der Waals surface area contributed by atoms with Gasteiger partial charge in [-0.1, -0.05) is 84.4 Å². The predicted octanol–water partition coefficient (Wildman–Crippen LogP) is 5.67. The van der Waals surface area contributed by atoms with Gasteiger partial charge in [-0.25, -0.2) is 12.8 Å². The number of halogens is 1. The summed E-state index contributed by atoms with van der Waals surface area (Å²) in [5, 5.41) is 0. The summed E-state index contributed by atoms with van der Waals surface area (Å²) in [5.41, 5.74) is 2.90. The average Bonchev–Trinajstić information content (AvgIpc) is 2.75. The van der Waals surface area contributed by atoms with E-state index >= 15 is 0 Å². The maximum absolute atomic E-state index is 14.7. The largest absolute Gasteiger partial charge is 0.243 e. The first-order chi connectivity index (χ1) is 14.4. The highest BCUT2D eigenvalue weighted by molar-refractivity contribution is 7.89. The van der Waals surface area contributed by atoms with Crippen molar-refractivity contribution in [3.05, 3.63) is 114 Å². The van der Waals surface area contributed by atoms with Gasteiger partial charge in [0.2, 0.25) is 10.0 Å². The highest BCUT2D eigenvalue weighted by atomic mass is 32.2. The molecule has 0 fully saturated rings. The maximum atomic E-state index is 14.7. The molecule has 3 aromatic carbocycles. The van der Waals surface area contributed by atoms with Gasteiger partial charge in [-0.2, -0.15) is 4.31 Å². The SMILES string of the molecule is Cc1ccc(S(=O)(=O)N(C/C(F)=C/CCc2ccccc2)Cc2ccccc2)cc1. The van der Waals surface area contributed by atoms with Crippen LogP contribution < -0.4 is 0 Å². The number of aryl methyl sites for hydroxylation is 2. The Morgan fingerprint density at radius 2 is 1.43 bits per heavy atom. The lowest BCUT2D eigenvalue weighted by Gasteiger charge is -2.22. The number of rotatable bonds is 9. The monoisotopic (exact) mass is 423 g/mol. The van der Waals surface area contributed by atoms with E-state index in [1.54, 1.807) is 24.3 Å². The molecular formula is C25H26FNO2S. The van der Waals surface area contributed by atoms with Crippen LogP contribution in [-0.4, -0.2) is 19.3 Å². The Kier molecular flexibility index (Phi) is 7.55. The van der Waals surface area contributed by atoms with E-state index in [1.807, 2.05) is 67.6 Å². The third-order valence-electron chi connectivity index (χ3n) is 4.83. The molecule has 30 heavy (non-hydrogen) atoms. The zero-order valence-corrected chi connectivity index (χ0v) is 17.9. The van der Waals surface area contributed by atoms with E-state index in [1.165, 1.54) is 10.4 Å². The zero-order valence-electron chi connectivity index (χ0n) is 17.0. The molecule has 0 N–H and O–H groups in total. The number of benzene rings is 3. The quantitative estimate of drug-likeness (QED) is 0.445. The molecule has 0 saturated heterocycles. The van der Waals surface area contributed by atoms with Crippen molar-refractivity contribution in [3.8, 4) is 0 Å². The molecule has 0 unspecified atom stereocenters. The van der Waals surface area contributed by atoms with E-state index in [2.05, 4.69) is 0 Å². The Balaban J connectivity index is 1.78.